The van der Waals surface area contributed by atoms with Gasteiger partial charge < -0.3 is 15.1 Å². The molecule has 0 atom stereocenters. The van der Waals surface area contributed by atoms with Crippen LogP contribution in [0.25, 0.3) is 11.3 Å². The summed E-state index contributed by atoms with van der Waals surface area (Å²) in [5.74, 6) is 0.804. The molecule has 1 N–H and O–H groups in total. The highest BCUT2D eigenvalue weighted by atomic mass is 35.5. The van der Waals surface area contributed by atoms with Gasteiger partial charge in [-0.3, -0.25) is 0 Å². The first kappa shape index (κ1) is 20.4. The third kappa shape index (κ3) is 4.66. The SMILES string of the molecule is Cc1ccc(NC(=O)N2CCN(c3ccc(-c4ccc(Cl)cc4)nn3)CC2)cc1Cl. The highest BCUT2D eigenvalue weighted by Gasteiger charge is 2.22. The lowest BCUT2D eigenvalue weighted by Crippen LogP contribution is -2.50. The van der Waals surface area contributed by atoms with Crippen molar-refractivity contribution in [1.29, 1.82) is 0 Å². The molecule has 1 aromatic heterocycles. The van der Waals surface area contributed by atoms with Crippen LogP contribution in [0.1, 0.15) is 5.56 Å². The Kier molecular flexibility index (Phi) is 6.06. The number of carbonyl (C=O) groups excluding carboxylic acids is 1. The van der Waals surface area contributed by atoms with Gasteiger partial charge in [0.15, 0.2) is 5.82 Å². The van der Waals surface area contributed by atoms with E-state index in [1.807, 2.05) is 55.5 Å². The standard InChI is InChI=1S/C22H21Cl2N5O/c1-15-2-7-18(14-19(15)24)25-22(30)29-12-10-28(11-13-29)21-9-8-20(26-27-21)16-3-5-17(23)6-4-16/h2-9,14H,10-13H2,1H3,(H,25,30). The topological polar surface area (TPSA) is 61.4 Å². The molecule has 0 unspecified atom stereocenters. The maximum atomic E-state index is 12.5. The van der Waals surface area contributed by atoms with Crippen LogP contribution < -0.4 is 10.2 Å². The van der Waals surface area contributed by atoms with Gasteiger partial charge in [0.25, 0.3) is 0 Å². The first-order chi connectivity index (χ1) is 14.5. The Hall–Kier alpha value is -2.83. The van der Waals surface area contributed by atoms with Crippen molar-refractivity contribution in [3.8, 4) is 11.3 Å². The van der Waals surface area contributed by atoms with E-state index in [2.05, 4.69) is 20.4 Å². The molecule has 2 aromatic carbocycles. The summed E-state index contributed by atoms with van der Waals surface area (Å²) in [5, 5.41) is 12.9. The van der Waals surface area contributed by atoms with Crippen LogP contribution in [0.5, 0.6) is 0 Å². The zero-order valence-corrected chi connectivity index (χ0v) is 18.0. The van der Waals surface area contributed by atoms with E-state index < -0.39 is 0 Å². The van der Waals surface area contributed by atoms with E-state index in [0.29, 0.717) is 41.9 Å². The van der Waals surface area contributed by atoms with E-state index in [9.17, 15) is 4.79 Å². The third-order valence-electron chi connectivity index (χ3n) is 5.10. The van der Waals surface area contributed by atoms with E-state index in [1.54, 1.807) is 11.0 Å². The molecule has 2 heterocycles. The molecule has 6 nitrogen and oxygen atoms in total. The summed E-state index contributed by atoms with van der Waals surface area (Å²) >= 11 is 12.1. The number of carbonyl (C=O) groups is 1. The number of nitrogens with zero attached hydrogens (tertiary/aromatic N) is 4. The van der Waals surface area contributed by atoms with Crippen molar-refractivity contribution in [2.24, 2.45) is 0 Å². The number of urea groups is 1. The molecular weight excluding hydrogens is 421 g/mol. The lowest BCUT2D eigenvalue weighted by Gasteiger charge is -2.35. The van der Waals surface area contributed by atoms with Gasteiger partial charge in [0.1, 0.15) is 0 Å². The molecule has 0 spiro atoms. The van der Waals surface area contributed by atoms with Gasteiger partial charge in [0.2, 0.25) is 0 Å². The minimum atomic E-state index is -0.126. The zero-order chi connectivity index (χ0) is 21.1. The number of piperazine rings is 1. The van der Waals surface area contributed by atoms with E-state index in [4.69, 9.17) is 23.2 Å². The van der Waals surface area contributed by atoms with Gasteiger partial charge >= 0.3 is 6.03 Å². The molecule has 0 radical (unpaired) electrons. The van der Waals surface area contributed by atoms with Gasteiger partial charge in [-0.1, -0.05) is 41.4 Å². The second kappa shape index (κ2) is 8.90. The molecule has 0 aliphatic carbocycles. The van der Waals surface area contributed by atoms with Gasteiger partial charge in [-0.15, -0.1) is 10.2 Å². The Morgan fingerprint density at radius 3 is 2.30 bits per heavy atom. The average Bonchev–Trinajstić information content (AvgIpc) is 2.77. The van der Waals surface area contributed by atoms with Crippen LogP contribution in [0.4, 0.5) is 16.3 Å². The normalized spacial score (nSPS) is 14.0. The largest absolute Gasteiger partial charge is 0.352 e. The van der Waals surface area contributed by atoms with Crippen LogP contribution in [0.15, 0.2) is 54.6 Å². The molecule has 1 aliphatic heterocycles. The predicted molar refractivity (Wildman–Crippen MR) is 121 cm³/mol. The van der Waals surface area contributed by atoms with Crippen LogP contribution in [0, 0.1) is 6.92 Å². The fourth-order valence-electron chi connectivity index (χ4n) is 3.28. The number of halogens is 2. The molecule has 3 aromatic rings. The number of benzene rings is 2. The summed E-state index contributed by atoms with van der Waals surface area (Å²) in [7, 11) is 0. The zero-order valence-electron chi connectivity index (χ0n) is 16.5. The molecule has 1 saturated heterocycles. The average molecular weight is 442 g/mol. The number of rotatable bonds is 3. The van der Waals surface area contributed by atoms with Gasteiger partial charge in [0, 0.05) is 47.5 Å². The molecule has 30 heavy (non-hydrogen) atoms. The molecule has 8 heteroatoms. The van der Waals surface area contributed by atoms with E-state index >= 15 is 0 Å². The van der Waals surface area contributed by atoms with Crippen LogP contribution >= 0.6 is 23.2 Å². The van der Waals surface area contributed by atoms with Crippen molar-refractivity contribution in [3.63, 3.8) is 0 Å². The van der Waals surface area contributed by atoms with Gasteiger partial charge in [-0.25, -0.2) is 4.79 Å². The lowest BCUT2D eigenvalue weighted by atomic mass is 10.1. The Morgan fingerprint density at radius 2 is 1.67 bits per heavy atom. The summed E-state index contributed by atoms with van der Waals surface area (Å²) < 4.78 is 0. The van der Waals surface area contributed by atoms with Crippen LogP contribution in [0.2, 0.25) is 10.0 Å². The van der Waals surface area contributed by atoms with Crippen LogP contribution in [0.3, 0.4) is 0 Å². The van der Waals surface area contributed by atoms with Crippen molar-refractivity contribution in [2.75, 3.05) is 36.4 Å². The Bertz CT molecular complexity index is 1030. The fourth-order valence-corrected chi connectivity index (χ4v) is 3.59. The summed E-state index contributed by atoms with van der Waals surface area (Å²) in [6.07, 6.45) is 0. The molecular formula is C22H21Cl2N5O. The molecule has 4 rings (SSSR count). The molecule has 1 fully saturated rings. The second-order valence-electron chi connectivity index (χ2n) is 7.15. The second-order valence-corrected chi connectivity index (χ2v) is 8.00. The first-order valence-corrected chi connectivity index (χ1v) is 10.4. The maximum absolute atomic E-state index is 12.5. The van der Waals surface area contributed by atoms with Gasteiger partial charge in [-0.2, -0.15) is 0 Å². The summed E-state index contributed by atoms with van der Waals surface area (Å²) in [4.78, 5) is 16.5. The smallest absolute Gasteiger partial charge is 0.321 e. The minimum Gasteiger partial charge on any atom is -0.352 e. The Balaban J connectivity index is 1.34. The quantitative estimate of drug-likeness (QED) is 0.612. The summed E-state index contributed by atoms with van der Waals surface area (Å²) in [5.41, 5.74) is 3.44. The summed E-state index contributed by atoms with van der Waals surface area (Å²) in [6.45, 7) is 4.52. The highest BCUT2D eigenvalue weighted by molar-refractivity contribution is 6.31. The van der Waals surface area contributed by atoms with E-state index in [-0.39, 0.29) is 6.03 Å². The number of nitrogens with one attached hydrogen (secondary N) is 1. The van der Waals surface area contributed by atoms with E-state index in [1.165, 1.54) is 0 Å². The van der Waals surface area contributed by atoms with Crippen LogP contribution in [-0.2, 0) is 0 Å². The number of aromatic nitrogens is 2. The monoisotopic (exact) mass is 441 g/mol. The number of anilines is 2. The molecule has 2 amide bonds. The van der Waals surface area contributed by atoms with Crippen LogP contribution in [-0.4, -0.2) is 47.3 Å². The number of amides is 2. The third-order valence-corrected chi connectivity index (χ3v) is 5.76. The van der Waals surface area contributed by atoms with E-state index in [0.717, 1.165) is 22.6 Å². The predicted octanol–water partition coefficient (Wildman–Crippen LogP) is 5.11. The Labute approximate surface area is 185 Å². The van der Waals surface area contributed by atoms with Gasteiger partial charge in [-0.05, 0) is 48.9 Å². The van der Waals surface area contributed by atoms with Gasteiger partial charge in [0.05, 0.1) is 5.69 Å². The maximum Gasteiger partial charge on any atom is 0.321 e. The van der Waals surface area contributed by atoms with Crippen molar-refractivity contribution >= 4 is 40.7 Å². The summed E-state index contributed by atoms with van der Waals surface area (Å²) in [6, 6.07) is 16.8. The number of hydrogen-bond acceptors (Lipinski definition) is 4. The number of hydrogen-bond donors (Lipinski definition) is 1. The number of aryl methyl sites for hydroxylation is 1. The highest BCUT2D eigenvalue weighted by Crippen LogP contribution is 2.22. The fraction of sp³-hybridized carbons (Fsp3) is 0.227. The lowest BCUT2D eigenvalue weighted by molar-refractivity contribution is 0.208. The van der Waals surface area contributed by atoms with Crippen molar-refractivity contribution in [1.82, 2.24) is 15.1 Å². The Morgan fingerprint density at radius 1 is 0.933 bits per heavy atom. The molecule has 0 bridgehead atoms. The van der Waals surface area contributed by atoms with Crippen molar-refractivity contribution in [3.05, 3.63) is 70.2 Å². The molecule has 0 saturated carbocycles. The molecule has 1 aliphatic rings. The van der Waals surface area contributed by atoms with Crippen molar-refractivity contribution < 1.29 is 4.79 Å². The van der Waals surface area contributed by atoms with Crippen molar-refractivity contribution in [2.45, 2.75) is 6.92 Å². The minimum absolute atomic E-state index is 0.126. The first-order valence-electron chi connectivity index (χ1n) is 9.66. The molecule has 154 valence electrons.